The molecule has 3 rings (SSSR count). The van der Waals surface area contributed by atoms with E-state index in [4.69, 9.17) is 15.2 Å². The van der Waals surface area contributed by atoms with Crippen molar-refractivity contribution in [3.05, 3.63) is 30.6 Å². The Morgan fingerprint density at radius 1 is 1.20 bits per heavy atom. The van der Waals surface area contributed by atoms with Crippen LogP contribution in [0.3, 0.4) is 0 Å². The SMILES string of the molecule is COc1cc(-c2ccc3nc(N)cn3n2)cnc1OC. The molecule has 0 aromatic carbocycles. The predicted molar refractivity (Wildman–Crippen MR) is 73.7 cm³/mol. The highest BCUT2D eigenvalue weighted by atomic mass is 16.5. The van der Waals surface area contributed by atoms with Crippen LogP contribution in [-0.4, -0.2) is 33.8 Å². The Balaban J connectivity index is 2.09. The van der Waals surface area contributed by atoms with Gasteiger partial charge in [0.05, 0.1) is 26.1 Å². The number of nitrogen functional groups attached to an aromatic ring is 1. The third kappa shape index (κ3) is 1.99. The first kappa shape index (κ1) is 12.2. The molecule has 0 saturated heterocycles. The summed E-state index contributed by atoms with van der Waals surface area (Å²) in [6.45, 7) is 0. The van der Waals surface area contributed by atoms with Gasteiger partial charge in [-0.05, 0) is 18.2 Å². The summed E-state index contributed by atoms with van der Waals surface area (Å²) in [5.41, 5.74) is 7.89. The summed E-state index contributed by atoms with van der Waals surface area (Å²) >= 11 is 0. The molecule has 7 nitrogen and oxygen atoms in total. The lowest BCUT2D eigenvalue weighted by Gasteiger charge is -2.08. The fourth-order valence-electron chi connectivity index (χ4n) is 1.93. The Bertz CT molecular complexity index is 769. The van der Waals surface area contributed by atoms with Crippen molar-refractivity contribution in [1.29, 1.82) is 0 Å². The van der Waals surface area contributed by atoms with E-state index in [-0.39, 0.29) is 0 Å². The fourth-order valence-corrected chi connectivity index (χ4v) is 1.93. The molecule has 0 aliphatic heterocycles. The summed E-state index contributed by atoms with van der Waals surface area (Å²) in [6.07, 6.45) is 3.34. The number of nitrogens with two attached hydrogens (primary N) is 1. The van der Waals surface area contributed by atoms with Crippen molar-refractivity contribution >= 4 is 11.5 Å². The highest BCUT2D eigenvalue weighted by molar-refractivity contribution is 5.63. The van der Waals surface area contributed by atoms with Crippen molar-refractivity contribution in [2.24, 2.45) is 0 Å². The summed E-state index contributed by atoms with van der Waals surface area (Å²) in [5, 5.41) is 4.43. The van der Waals surface area contributed by atoms with Crippen molar-refractivity contribution in [3.8, 4) is 22.9 Å². The summed E-state index contributed by atoms with van der Waals surface area (Å²) in [6, 6.07) is 5.51. The molecule has 0 fully saturated rings. The van der Waals surface area contributed by atoms with Gasteiger partial charge in [0.1, 0.15) is 5.82 Å². The topological polar surface area (TPSA) is 87.6 Å². The number of rotatable bonds is 3. The fraction of sp³-hybridized carbons (Fsp3) is 0.154. The average molecular weight is 271 g/mol. The molecule has 102 valence electrons. The molecule has 0 atom stereocenters. The Hall–Kier alpha value is -2.83. The van der Waals surface area contributed by atoms with Crippen molar-refractivity contribution < 1.29 is 9.47 Å². The zero-order valence-electron chi connectivity index (χ0n) is 11.1. The van der Waals surface area contributed by atoms with Gasteiger partial charge in [-0.25, -0.2) is 14.5 Å². The maximum Gasteiger partial charge on any atom is 0.256 e. The van der Waals surface area contributed by atoms with Crippen LogP contribution in [0.15, 0.2) is 30.6 Å². The molecule has 3 aromatic heterocycles. The van der Waals surface area contributed by atoms with Gasteiger partial charge in [-0.2, -0.15) is 5.10 Å². The van der Waals surface area contributed by atoms with Gasteiger partial charge < -0.3 is 15.2 Å². The Morgan fingerprint density at radius 2 is 2.05 bits per heavy atom. The second kappa shape index (κ2) is 4.69. The molecule has 0 aliphatic carbocycles. The minimum atomic E-state index is 0.431. The van der Waals surface area contributed by atoms with Crippen LogP contribution in [0.5, 0.6) is 11.6 Å². The number of nitrogens with zero attached hydrogens (tertiary/aromatic N) is 4. The van der Waals surface area contributed by atoms with Crippen LogP contribution >= 0.6 is 0 Å². The summed E-state index contributed by atoms with van der Waals surface area (Å²) in [5.74, 6) is 1.42. The highest BCUT2D eigenvalue weighted by Gasteiger charge is 2.09. The van der Waals surface area contributed by atoms with Crippen LogP contribution in [0, 0.1) is 0 Å². The Kier molecular flexibility index (Phi) is 2.86. The Morgan fingerprint density at radius 3 is 2.80 bits per heavy atom. The number of anilines is 1. The molecule has 0 amide bonds. The molecule has 0 saturated carbocycles. The second-order valence-corrected chi connectivity index (χ2v) is 4.12. The van der Waals surface area contributed by atoms with E-state index in [0.29, 0.717) is 23.1 Å². The number of pyridine rings is 1. The van der Waals surface area contributed by atoms with Crippen molar-refractivity contribution in [1.82, 2.24) is 19.6 Å². The van der Waals surface area contributed by atoms with E-state index in [0.717, 1.165) is 11.3 Å². The minimum absolute atomic E-state index is 0.431. The van der Waals surface area contributed by atoms with Crippen LogP contribution < -0.4 is 15.2 Å². The van der Waals surface area contributed by atoms with E-state index in [2.05, 4.69) is 15.1 Å². The third-order valence-electron chi connectivity index (χ3n) is 2.87. The number of ether oxygens (including phenoxy) is 2. The highest BCUT2D eigenvalue weighted by Crippen LogP contribution is 2.28. The first-order valence-electron chi connectivity index (χ1n) is 5.91. The van der Waals surface area contributed by atoms with Gasteiger partial charge in [0.2, 0.25) is 0 Å². The maximum atomic E-state index is 5.64. The molecule has 20 heavy (non-hydrogen) atoms. The van der Waals surface area contributed by atoms with E-state index in [9.17, 15) is 0 Å². The molecule has 0 radical (unpaired) electrons. The maximum absolute atomic E-state index is 5.64. The van der Waals surface area contributed by atoms with E-state index in [1.807, 2.05) is 18.2 Å². The standard InChI is InChI=1S/C13H13N5O2/c1-19-10-5-8(6-15-13(10)20-2)9-3-4-12-16-11(14)7-18(12)17-9/h3-7H,14H2,1-2H3. The molecule has 3 aromatic rings. The monoisotopic (exact) mass is 271 g/mol. The lowest BCUT2D eigenvalue weighted by Crippen LogP contribution is -1.97. The zero-order chi connectivity index (χ0) is 14.1. The average Bonchev–Trinajstić information content (AvgIpc) is 2.85. The van der Waals surface area contributed by atoms with Crippen molar-refractivity contribution in [2.45, 2.75) is 0 Å². The Labute approximate surface area is 115 Å². The van der Waals surface area contributed by atoms with Crippen LogP contribution in [0.25, 0.3) is 16.9 Å². The molecule has 7 heteroatoms. The van der Waals surface area contributed by atoms with Gasteiger partial charge >= 0.3 is 0 Å². The summed E-state index contributed by atoms with van der Waals surface area (Å²) in [4.78, 5) is 8.32. The lowest BCUT2D eigenvalue weighted by atomic mass is 10.2. The summed E-state index contributed by atoms with van der Waals surface area (Å²) in [7, 11) is 3.11. The van der Waals surface area contributed by atoms with Gasteiger partial charge in [0.15, 0.2) is 11.4 Å². The number of imidazole rings is 1. The van der Waals surface area contributed by atoms with Crippen LogP contribution in [0.1, 0.15) is 0 Å². The molecule has 2 N–H and O–H groups in total. The largest absolute Gasteiger partial charge is 0.491 e. The van der Waals surface area contributed by atoms with Crippen LogP contribution in [0.4, 0.5) is 5.82 Å². The zero-order valence-corrected chi connectivity index (χ0v) is 11.1. The second-order valence-electron chi connectivity index (χ2n) is 4.12. The predicted octanol–water partition coefficient (Wildman–Crippen LogP) is 1.39. The normalized spacial score (nSPS) is 10.7. The molecular weight excluding hydrogens is 258 g/mol. The third-order valence-corrected chi connectivity index (χ3v) is 2.87. The van der Waals surface area contributed by atoms with E-state index in [1.54, 1.807) is 31.1 Å². The van der Waals surface area contributed by atoms with Gasteiger partial charge in [0, 0.05) is 11.8 Å². The van der Waals surface area contributed by atoms with Crippen molar-refractivity contribution in [3.63, 3.8) is 0 Å². The number of hydrogen-bond donors (Lipinski definition) is 1. The molecule has 0 aliphatic rings. The summed E-state index contributed by atoms with van der Waals surface area (Å²) < 4.78 is 12.0. The van der Waals surface area contributed by atoms with Crippen LogP contribution in [-0.2, 0) is 0 Å². The van der Waals surface area contributed by atoms with Gasteiger partial charge in [-0.3, -0.25) is 0 Å². The van der Waals surface area contributed by atoms with Crippen molar-refractivity contribution in [2.75, 3.05) is 20.0 Å². The number of hydrogen-bond acceptors (Lipinski definition) is 6. The minimum Gasteiger partial charge on any atom is -0.491 e. The number of aromatic nitrogens is 4. The molecule has 0 spiro atoms. The molecule has 3 heterocycles. The molecule has 0 bridgehead atoms. The quantitative estimate of drug-likeness (QED) is 0.774. The van der Waals surface area contributed by atoms with Gasteiger partial charge in [-0.1, -0.05) is 0 Å². The van der Waals surface area contributed by atoms with E-state index in [1.165, 1.54) is 0 Å². The van der Waals surface area contributed by atoms with Crippen LogP contribution in [0.2, 0.25) is 0 Å². The van der Waals surface area contributed by atoms with Gasteiger partial charge in [-0.15, -0.1) is 0 Å². The van der Waals surface area contributed by atoms with E-state index >= 15 is 0 Å². The van der Waals surface area contributed by atoms with Gasteiger partial charge in [0.25, 0.3) is 5.88 Å². The number of methoxy groups -OCH3 is 2. The molecule has 0 unspecified atom stereocenters. The first-order chi connectivity index (χ1) is 9.71. The van der Waals surface area contributed by atoms with E-state index < -0.39 is 0 Å². The first-order valence-corrected chi connectivity index (χ1v) is 5.91. The molecular formula is C13H13N5O2. The lowest BCUT2D eigenvalue weighted by molar-refractivity contribution is 0.343. The smallest absolute Gasteiger partial charge is 0.256 e. The number of fused-ring (bicyclic) bond motifs is 1.